The molecule has 0 aliphatic heterocycles. The van der Waals surface area contributed by atoms with Crippen LogP contribution in [0.5, 0.6) is 0 Å². The van der Waals surface area contributed by atoms with Crippen molar-refractivity contribution in [3.05, 3.63) is 69.8 Å². The zero-order valence-electron chi connectivity index (χ0n) is 22.8. The second-order valence-corrected chi connectivity index (χ2v) is 11.3. The maximum Gasteiger partial charge on any atom is 0.337 e. The number of benzene rings is 1. The molecule has 0 amide bonds. The van der Waals surface area contributed by atoms with Crippen LogP contribution in [-0.4, -0.2) is 36.0 Å². The first-order valence-electron chi connectivity index (χ1n) is 12.5. The molecule has 0 radical (unpaired) electrons. The molecule has 0 unspecified atom stereocenters. The average Bonchev–Trinajstić information content (AvgIpc) is 3.32. The number of aryl methyl sites for hydroxylation is 3. The third-order valence-electron chi connectivity index (χ3n) is 6.45. The highest BCUT2D eigenvalue weighted by atomic mass is 35.5. The van der Waals surface area contributed by atoms with E-state index in [2.05, 4.69) is 30.4 Å². The number of aliphatic carboxylic acids is 1. The van der Waals surface area contributed by atoms with Crippen molar-refractivity contribution in [2.45, 2.75) is 72.6 Å². The standard InChI is InChI=1S/C29H35ClN4O3/c1-16(2)25-17(3)22-24(20-9-11-21(30)12-10-20)23(26(28(35)36)37-29(5,6)7)18(4)32-27(22)34(25)15-19-13-31-33(8)14-19/h9-14,16,26H,15H2,1-8H3,(H,35,36)/t26-/m1/s1. The molecule has 0 saturated heterocycles. The molecule has 4 aromatic rings. The third-order valence-corrected chi connectivity index (χ3v) is 6.70. The van der Waals surface area contributed by atoms with Crippen LogP contribution >= 0.6 is 11.6 Å². The Kier molecular flexibility index (Phi) is 7.23. The Balaban J connectivity index is 2.13. The van der Waals surface area contributed by atoms with E-state index in [1.807, 2.05) is 71.4 Å². The van der Waals surface area contributed by atoms with Crippen molar-refractivity contribution in [2.24, 2.45) is 7.05 Å². The van der Waals surface area contributed by atoms with Crippen molar-refractivity contribution in [1.29, 1.82) is 0 Å². The van der Waals surface area contributed by atoms with Gasteiger partial charge in [-0.3, -0.25) is 4.68 Å². The van der Waals surface area contributed by atoms with Gasteiger partial charge in [-0.2, -0.15) is 5.10 Å². The van der Waals surface area contributed by atoms with E-state index in [-0.39, 0.29) is 5.92 Å². The Labute approximate surface area is 223 Å². The van der Waals surface area contributed by atoms with E-state index >= 15 is 0 Å². The van der Waals surface area contributed by atoms with Crippen LogP contribution in [0.4, 0.5) is 0 Å². The monoisotopic (exact) mass is 522 g/mol. The minimum Gasteiger partial charge on any atom is -0.479 e. The van der Waals surface area contributed by atoms with E-state index in [4.69, 9.17) is 21.3 Å². The summed E-state index contributed by atoms with van der Waals surface area (Å²) in [6.07, 6.45) is 2.68. The summed E-state index contributed by atoms with van der Waals surface area (Å²) >= 11 is 6.24. The summed E-state index contributed by atoms with van der Waals surface area (Å²) in [4.78, 5) is 17.7. The molecule has 8 heteroatoms. The lowest BCUT2D eigenvalue weighted by Gasteiger charge is -2.28. The van der Waals surface area contributed by atoms with E-state index in [0.29, 0.717) is 22.8 Å². The van der Waals surface area contributed by atoms with Crippen LogP contribution in [0.25, 0.3) is 22.2 Å². The molecular formula is C29H35ClN4O3. The number of hydrogen-bond acceptors (Lipinski definition) is 4. The van der Waals surface area contributed by atoms with Crippen molar-refractivity contribution in [3.8, 4) is 11.1 Å². The van der Waals surface area contributed by atoms with Crippen LogP contribution in [0.1, 0.15) is 74.7 Å². The van der Waals surface area contributed by atoms with E-state index in [1.165, 1.54) is 0 Å². The maximum atomic E-state index is 12.6. The molecule has 1 N–H and O–H groups in total. The lowest BCUT2D eigenvalue weighted by Crippen LogP contribution is -2.28. The molecule has 4 rings (SSSR count). The van der Waals surface area contributed by atoms with Crippen molar-refractivity contribution in [1.82, 2.24) is 19.3 Å². The van der Waals surface area contributed by atoms with E-state index in [0.717, 1.165) is 39.0 Å². The highest BCUT2D eigenvalue weighted by Crippen LogP contribution is 2.43. The molecule has 3 heterocycles. The van der Waals surface area contributed by atoms with Gasteiger partial charge in [0.05, 0.1) is 18.3 Å². The first kappa shape index (κ1) is 26.9. The number of pyridine rings is 1. The molecule has 37 heavy (non-hydrogen) atoms. The molecule has 0 aliphatic carbocycles. The molecule has 0 spiro atoms. The zero-order chi connectivity index (χ0) is 27.2. The Bertz CT molecular complexity index is 1460. The third kappa shape index (κ3) is 5.29. The zero-order valence-corrected chi connectivity index (χ0v) is 23.5. The summed E-state index contributed by atoms with van der Waals surface area (Å²) in [6, 6.07) is 7.52. The number of ether oxygens (including phenoxy) is 1. The van der Waals surface area contributed by atoms with Crippen molar-refractivity contribution in [3.63, 3.8) is 0 Å². The fraction of sp³-hybridized carbons (Fsp3) is 0.414. The minimum atomic E-state index is -1.19. The summed E-state index contributed by atoms with van der Waals surface area (Å²) in [6.45, 7) is 14.5. The summed E-state index contributed by atoms with van der Waals surface area (Å²) < 4.78 is 10.2. The number of fused-ring (bicyclic) bond motifs is 1. The average molecular weight is 523 g/mol. The van der Waals surface area contributed by atoms with Gasteiger partial charge in [-0.25, -0.2) is 9.78 Å². The lowest BCUT2D eigenvalue weighted by molar-refractivity contribution is -0.160. The summed E-state index contributed by atoms with van der Waals surface area (Å²) in [5.74, 6) is -0.834. The van der Waals surface area contributed by atoms with Crippen LogP contribution < -0.4 is 0 Å². The number of hydrogen-bond donors (Lipinski definition) is 1. The molecular weight excluding hydrogens is 488 g/mol. The summed E-state index contributed by atoms with van der Waals surface area (Å²) in [7, 11) is 1.90. The molecule has 1 aromatic carbocycles. The summed E-state index contributed by atoms with van der Waals surface area (Å²) in [5.41, 5.74) is 6.31. The topological polar surface area (TPSA) is 82.2 Å². The Morgan fingerprint density at radius 1 is 1.16 bits per heavy atom. The molecule has 0 aliphatic rings. The van der Waals surface area contributed by atoms with E-state index in [9.17, 15) is 9.90 Å². The quantitative estimate of drug-likeness (QED) is 0.288. The van der Waals surface area contributed by atoms with Crippen molar-refractivity contribution >= 4 is 28.6 Å². The number of rotatable bonds is 7. The molecule has 7 nitrogen and oxygen atoms in total. The molecule has 0 fully saturated rings. The number of halogens is 1. The predicted molar refractivity (Wildman–Crippen MR) is 147 cm³/mol. The number of nitrogens with zero attached hydrogens (tertiary/aromatic N) is 4. The number of carbonyl (C=O) groups is 1. The van der Waals surface area contributed by atoms with Crippen LogP contribution in [0.3, 0.4) is 0 Å². The maximum absolute atomic E-state index is 12.6. The molecule has 0 saturated carbocycles. The van der Waals surface area contributed by atoms with Gasteiger partial charge < -0.3 is 14.4 Å². The minimum absolute atomic E-state index is 0.216. The highest BCUT2D eigenvalue weighted by Gasteiger charge is 2.34. The number of carboxylic acid groups (broad SMARTS) is 1. The van der Waals surface area contributed by atoms with Gasteiger partial charge in [-0.1, -0.05) is 37.6 Å². The van der Waals surface area contributed by atoms with Crippen LogP contribution in [0.2, 0.25) is 5.02 Å². The largest absolute Gasteiger partial charge is 0.479 e. The number of carboxylic acids is 1. The van der Waals surface area contributed by atoms with Gasteiger partial charge in [0.1, 0.15) is 5.65 Å². The van der Waals surface area contributed by atoms with Gasteiger partial charge in [0.25, 0.3) is 0 Å². The van der Waals surface area contributed by atoms with Crippen LogP contribution in [0.15, 0.2) is 36.7 Å². The molecule has 3 aromatic heterocycles. The van der Waals surface area contributed by atoms with Gasteiger partial charge in [0.2, 0.25) is 0 Å². The van der Waals surface area contributed by atoms with Gasteiger partial charge in [0, 0.05) is 51.7 Å². The van der Waals surface area contributed by atoms with Gasteiger partial charge >= 0.3 is 5.97 Å². The van der Waals surface area contributed by atoms with Crippen LogP contribution in [-0.2, 0) is 23.1 Å². The highest BCUT2D eigenvalue weighted by molar-refractivity contribution is 6.30. The Morgan fingerprint density at radius 3 is 2.32 bits per heavy atom. The van der Waals surface area contributed by atoms with Crippen molar-refractivity contribution in [2.75, 3.05) is 0 Å². The smallest absolute Gasteiger partial charge is 0.337 e. The van der Waals surface area contributed by atoms with Gasteiger partial charge in [-0.15, -0.1) is 0 Å². The second kappa shape index (κ2) is 9.95. The van der Waals surface area contributed by atoms with Gasteiger partial charge in [0.15, 0.2) is 6.10 Å². The second-order valence-electron chi connectivity index (χ2n) is 10.9. The first-order valence-corrected chi connectivity index (χ1v) is 12.8. The normalized spacial score (nSPS) is 13.0. The van der Waals surface area contributed by atoms with E-state index in [1.54, 1.807) is 4.68 Å². The van der Waals surface area contributed by atoms with E-state index < -0.39 is 17.7 Å². The fourth-order valence-electron chi connectivity index (χ4n) is 5.16. The van der Waals surface area contributed by atoms with Crippen LogP contribution in [0, 0.1) is 13.8 Å². The Hall–Kier alpha value is -3.16. The fourth-order valence-corrected chi connectivity index (χ4v) is 5.29. The van der Waals surface area contributed by atoms with Crippen molar-refractivity contribution < 1.29 is 14.6 Å². The van der Waals surface area contributed by atoms with Gasteiger partial charge in [-0.05, 0) is 63.8 Å². The Morgan fingerprint density at radius 2 is 1.81 bits per heavy atom. The first-order chi connectivity index (χ1) is 17.3. The number of aromatic nitrogens is 4. The predicted octanol–water partition coefficient (Wildman–Crippen LogP) is 6.82. The lowest BCUT2D eigenvalue weighted by atomic mass is 9.90. The SMILES string of the molecule is Cc1nc2c(c(C)c(C(C)C)n2Cc2cnn(C)c2)c(-c2ccc(Cl)cc2)c1[C@@H](OC(C)(C)C)C(=O)O. The molecule has 1 atom stereocenters. The molecule has 0 bridgehead atoms. The summed E-state index contributed by atoms with van der Waals surface area (Å²) in [5, 5.41) is 16.2. The molecule has 196 valence electrons.